The zero-order valence-electron chi connectivity index (χ0n) is 12.3. The molecule has 0 aromatic carbocycles. The van der Waals surface area contributed by atoms with Crippen molar-refractivity contribution in [1.29, 1.82) is 5.26 Å². The van der Waals surface area contributed by atoms with Crippen molar-refractivity contribution in [2.24, 2.45) is 10.8 Å². The molecule has 0 fully saturated rings. The number of nitrogens with zero attached hydrogens (tertiary/aromatic N) is 2. The standard InChI is InChI=1S/C14H26N2O/c1-8-14(9-2,10-15)12(17)16(7)11(3)13(4,5)6/h11H,8-9H2,1-7H3. The molecule has 0 heterocycles. The Balaban J connectivity index is 5.12. The third-order valence-electron chi connectivity index (χ3n) is 3.99. The molecule has 0 rings (SSSR count). The minimum absolute atomic E-state index is 0.0209. The van der Waals surface area contributed by atoms with Crippen molar-refractivity contribution in [1.82, 2.24) is 4.90 Å². The van der Waals surface area contributed by atoms with E-state index in [4.69, 9.17) is 0 Å². The van der Waals surface area contributed by atoms with Gasteiger partial charge in [0.1, 0.15) is 5.41 Å². The van der Waals surface area contributed by atoms with Crippen LogP contribution in [0.15, 0.2) is 0 Å². The zero-order chi connectivity index (χ0) is 13.9. The van der Waals surface area contributed by atoms with Gasteiger partial charge in [0, 0.05) is 13.1 Å². The van der Waals surface area contributed by atoms with Crippen molar-refractivity contribution in [2.75, 3.05) is 7.05 Å². The molecular weight excluding hydrogens is 212 g/mol. The summed E-state index contributed by atoms with van der Waals surface area (Å²) in [6, 6.07) is 2.32. The van der Waals surface area contributed by atoms with Gasteiger partial charge < -0.3 is 4.90 Å². The summed E-state index contributed by atoms with van der Waals surface area (Å²) in [7, 11) is 1.80. The molecule has 1 unspecified atom stereocenters. The van der Waals surface area contributed by atoms with Gasteiger partial charge in [0.2, 0.25) is 5.91 Å². The number of hydrogen-bond acceptors (Lipinski definition) is 2. The van der Waals surface area contributed by atoms with Crippen molar-refractivity contribution in [3.8, 4) is 6.07 Å². The monoisotopic (exact) mass is 238 g/mol. The van der Waals surface area contributed by atoms with Gasteiger partial charge in [0.15, 0.2) is 0 Å². The second-order valence-corrected chi connectivity index (χ2v) is 5.86. The fourth-order valence-corrected chi connectivity index (χ4v) is 1.85. The second kappa shape index (κ2) is 5.53. The fraction of sp³-hybridized carbons (Fsp3) is 0.857. The molecule has 0 radical (unpaired) electrons. The third kappa shape index (κ3) is 3.21. The van der Waals surface area contributed by atoms with E-state index in [0.717, 1.165) is 0 Å². The molecule has 0 aromatic heterocycles. The number of carbonyl (C=O) groups is 1. The summed E-state index contributed by atoms with van der Waals surface area (Å²) in [5, 5.41) is 9.28. The van der Waals surface area contributed by atoms with Crippen LogP contribution in [0.3, 0.4) is 0 Å². The van der Waals surface area contributed by atoms with E-state index in [1.807, 2.05) is 20.8 Å². The first-order valence-electron chi connectivity index (χ1n) is 6.34. The highest BCUT2D eigenvalue weighted by Gasteiger charge is 2.40. The quantitative estimate of drug-likeness (QED) is 0.755. The molecule has 0 aliphatic rings. The molecule has 0 aromatic rings. The van der Waals surface area contributed by atoms with Crippen LogP contribution in [-0.4, -0.2) is 23.9 Å². The first-order valence-corrected chi connectivity index (χ1v) is 6.34. The van der Waals surface area contributed by atoms with Crippen molar-refractivity contribution in [3.63, 3.8) is 0 Å². The number of nitriles is 1. The molecule has 98 valence electrons. The minimum Gasteiger partial charge on any atom is -0.341 e. The normalized spacial score (nSPS) is 14.0. The maximum absolute atomic E-state index is 12.4. The van der Waals surface area contributed by atoms with Crippen LogP contribution in [0.5, 0.6) is 0 Å². The van der Waals surface area contributed by atoms with E-state index in [1.54, 1.807) is 11.9 Å². The van der Waals surface area contributed by atoms with Gasteiger partial charge in [-0.1, -0.05) is 34.6 Å². The van der Waals surface area contributed by atoms with E-state index in [-0.39, 0.29) is 17.4 Å². The van der Waals surface area contributed by atoms with Gasteiger partial charge in [-0.2, -0.15) is 5.26 Å². The van der Waals surface area contributed by atoms with Gasteiger partial charge in [0.25, 0.3) is 0 Å². The number of hydrogen-bond donors (Lipinski definition) is 0. The Morgan fingerprint density at radius 2 is 1.71 bits per heavy atom. The molecule has 0 aliphatic carbocycles. The van der Waals surface area contributed by atoms with Crippen molar-refractivity contribution < 1.29 is 4.79 Å². The lowest BCUT2D eigenvalue weighted by atomic mass is 9.80. The highest BCUT2D eigenvalue weighted by molar-refractivity contribution is 5.85. The number of amides is 1. The molecule has 3 nitrogen and oxygen atoms in total. The van der Waals surface area contributed by atoms with Crippen LogP contribution in [0.1, 0.15) is 54.4 Å². The molecule has 1 atom stereocenters. The predicted octanol–water partition coefficient (Wildman–Crippen LogP) is 3.21. The van der Waals surface area contributed by atoms with E-state index in [9.17, 15) is 10.1 Å². The van der Waals surface area contributed by atoms with Crippen LogP contribution < -0.4 is 0 Å². The van der Waals surface area contributed by atoms with Gasteiger partial charge in [-0.25, -0.2) is 0 Å². The SMILES string of the molecule is CCC(C#N)(CC)C(=O)N(C)C(C)C(C)(C)C. The van der Waals surface area contributed by atoms with Crippen molar-refractivity contribution >= 4 is 5.91 Å². The molecule has 0 aliphatic heterocycles. The smallest absolute Gasteiger partial charge is 0.243 e. The Labute approximate surface area is 106 Å². The average Bonchev–Trinajstić information content (AvgIpc) is 2.28. The maximum Gasteiger partial charge on any atom is 0.243 e. The summed E-state index contributed by atoms with van der Waals surface area (Å²) in [5.74, 6) is -0.0487. The molecule has 0 saturated heterocycles. The largest absolute Gasteiger partial charge is 0.341 e. The Bertz CT molecular complexity index is 305. The van der Waals surface area contributed by atoms with Crippen LogP contribution in [0.25, 0.3) is 0 Å². The molecular formula is C14H26N2O. The van der Waals surface area contributed by atoms with Gasteiger partial charge >= 0.3 is 0 Å². The molecule has 0 bridgehead atoms. The summed E-state index contributed by atoms with van der Waals surface area (Å²) in [5.41, 5.74) is -0.832. The Hall–Kier alpha value is -1.04. The number of rotatable bonds is 4. The second-order valence-electron chi connectivity index (χ2n) is 5.86. The molecule has 17 heavy (non-hydrogen) atoms. The van der Waals surface area contributed by atoms with Gasteiger partial charge in [-0.3, -0.25) is 4.79 Å². The Morgan fingerprint density at radius 3 is 1.94 bits per heavy atom. The summed E-state index contributed by atoms with van der Waals surface area (Å²) < 4.78 is 0. The van der Waals surface area contributed by atoms with Crippen LogP contribution in [0.4, 0.5) is 0 Å². The molecule has 0 spiro atoms. The fourth-order valence-electron chi connectivity index (χ4n) is 1.85. The van der Waals surface area contributed by atoms with E-state index >= 15 is 0 Å². The highest BCUT2D eigenvalue weighted by Crippen LogP contribution is 2.31. The Morgan fingerprint density at radius 1 is 1.29 bits per heavy atom. The average molecular weight is 238 g/mol. The lowest BCUT2D eigenvalue weighted by Gasteiger charge is -2.39. The first-order chi connectivity index (χ1) is 7.66. The van der Waals surface area contributed by atoms with E-state index in [1.165, 1.54) is 0 Å². The van der Waals surface area contributed by atoms with Crippen LogP contribution in [-0.2, 0) is 4.79 Å². The van der Waals surface area contributed by atoms with Crippen molar-refractivity contribution in [2.45, 2.75) is 60.4 Å². The first kappa shape index (κ1) is 16.0. The maximum atomic E-state index is 12.4. The van der Waals surface area contributed by atoms with Crippen LogP contribution >= 0.6 is 0 Å². The van der Waals surface area contributed by atoms with E-state index in [2.05, 4.69) is 26.8 Å². The Kier molecular flexibility index (Phi) is 5.19. The topological polar surface area (TPSA) is 44.1 Å². The lowest BCUT2D eigenvalue weighted by Crippen LogP contribution is -2.49. The predicted molar refractivity (Wildman–Crippen MR) is 70.3 cm³/mol. The summed E-state index contributed by atoms with van der Waals surface area (Å²) in [6.45, 7) is 12.2. The molecule has 0 N–H and O–H groups in total. The van der Waals surface area contributed by atoms with E-state index < -0.39 is 5.41 Å². The molecule has 1 amide bonds. The van der Waals surface area contributed by atoms with E-state index in [0.29, 0.717) is 12.8 Å². The minimum atomic E-state index is -0.853. The summed E-state index contributed by atoms with van der Waals surface area (Å²) >= 11 is 0. The lowest BCUT2D eigenvalue weighted by molar-refractivity contribution is -0.142. The zero-order valence-corrected chi connectivity index (χ0v) is 12.3. The molecule has 0 saturated carbocycles. The molecule has 3 heteroatoms. The third-order valence-corrected chi connectivity index (χ3v) is 3.99. The van der Waals surface area contributed by atoms with Gasteiger partial charge in [0.05, 0.1) is 6.07 Å². The van der Waals surface area contributed by atoms with Crippen LogP contribution in [0.2, 0.25) is 0 Å². The summed E-state index contributed by atoms with van der Waals surface area (Å²) in [4.78, 5) is 14.2. The van der Waals surface area contributed by atoms with Crippen molar-refractivity contribution in [3.05, 3.63) is 0 Å². The number of carbonyl (C=O) groups excluding carboxylic acids is 1. The van der Waals surface area contributed by atoms with Crippen LogP contribution in [0, 0.1) is 22.2 Å². The van der Waals surface area contributed by atoms with Gasteiger partial charge in [-0.15, -0.1) is 0 Å². The summed E-state index contributed by atoms with van der Waals surface area (Å²) in [6.07, 6.45) is 1.14. The van der Waals surface area contributed by atoms with Gasteiger partial charge in [-0.05, 0) is 25.2 Å². The highest BCUT2D eigenvalue weighted by atomic mass is 16.2.